The Labute approximate surface area is 189 Å². The molecule has 0 heterocycles. The first-order valence-electron chi connectivity index (χ1n) is 11.1. The molecule has 0 bridgehead atoms. The molecule has 0 unspecified atom stereocenters. The number of carbonyl (C=O) groups is 1. The average Bonchev–Trinajstić information content (AvgIpc) is 2.58. The summed E-state index contributed by atoms with van der Waals surface area (Å²) >= 11 is 0. The van der Waals surface area contributed by atoms with Crippen molar-refractivity contribution < 1.29 is 14.3 Å². The van der Waals surface area contributed by atoms with Crippen LogP contribution in [0.5, 0.6) is 11.5 Å². The molecule has 2 rings (SSSR count). The molecule has 0 N–H and O–H groups in total. The van der Waals surface area contributed by atoms with Gasteiger partial charge in [0, 0.05) is 5.41 Å². The first kappa shape index (κ1) is 25.0. The van der Waals surface area contributed by atoms with Gasteiger partial charge >= 0.3 is 5.97 Å². The van der Waals surface area contributed by atoms with E-state index in [9.17, 15) is 4.79 Å². The maximum Gasteiger partial charge on any atom is 0.316 e. The summed E-state index contributed by atoms with van der Waals surface area (Å²) in [5, 5.41) is 0. The molecular formula is C28H40O3. The molecule has 31 heavy (non-hydrogen) atoms. The molecule has 2 aromatic carbocycles. The fourth-order valence-corrected chi connectivity index (χ4v) is 3.66. The van der Waals surface area contributed by atoms with Gasteiger partial charge in [-0.2, -0.15) is 0 Å². The van der Waals surface area contributed by atoms with Crippen LogP contribution in [-0.4, -0.2) is 11.6 Å². The van der Waals surface area contributed by atoms with Crippen molar-refractivity contribution in [2.75, 3.05) is 0 Å². The maximum absolute atomic E-state index is 12.4. The number of ether oxygens (including phenoxy) is 2. The minimum Gasteiger partial charge on any atom is -0.488 e. The standard InChI is InChI=1S/C28H40O3/c1-17-13-21(14-18(2)23(17)30-25(29)26(5,6)7)28(11,12)22-15-19(3)24(20(4)16-22)31-27(8,9)10/h13-16H,1-12H3. The lowest BCUT2D eigenvalue weighted by Gasteiger charge is -2.30. The van der Waals surface area contributed by atoms with E-state index < -0.39 is 5.41 Å². The third-order valence-corrected chi connectivity index (χ3v) is 5.58. The zero-order chi connectivity index (χ0) is 23.9. The van der Waals surface area contributed by atoms with E-state index in [-0.39, 0.29) is 17.0 Å². The van der Waals surface area contributed by atoms with Crippen LogP contribution in [0.3, 0.4) is 0 Å². The van der Waals surface area contributed by atoms with Gasteiger partial charge in [-0.3, -0.25) is 4.79 Å². The molecule has 0 spiro atoms. The van der Waals surface area contributed by atoms with Gasteiger partial charge in [-0.1, -0.05) is 38.1 Å². The number of hydrogen-bond donors (Lipinski definition) is 0. The fraction of sp³-hybridized carbons (Fsp3) is 0.536. The second-order valence-corrected chi connectivity index (χ2v) is 11.4. The lowest BCUT2D eigenvalue weighted by atomic mass is 9.76. The molecule has 0 aliphatic heterocycles. The van der Waals surface area contributed by atoms with Crippen LogP contribution in [0.15, 0.2) is 24.3 Å². The minimum atomic E-state index is -0.539. The molecule has 0 aliphatic carbocycles. The predicted molar refractivity (Wildman–Crippen MR) is 129 cm³/mol. The summed E-state index contributed by atoms with van der Waals surface area (Å²) in [4.78, 5) is 12.4. The normalized spacial score (nSPS) is 12.6. The SMILES string of the molecule is Cc1cc(C(C)(C)c2cc(C)c(OC(C)(C)C)c(C)c2)cc(C)c1OC(=O)C(C)(C)C. The molecule has 0 saturated carbocycles. The zero-order valence-electron chi connectivity index (χ0n) is 21.5. The van der Waals surface area contributed by atoms with E-state index in [1.54, 1.807) is 0 Å². The summed E-state index contributed by atoms with van der Waals surface area (Å²) in [5.41, 5.74) is 5.68. The highest BCUT2D eigenvalue weighted by Crippen LogP contribution is 2.39. The van der Waals surface area contributed by atoms with Crippen LogP contribution in [0, 0.1) is 33.1 Å². The maximum atomic E-state index is 12.4. The molecule has 0 radical (unpaired) electrons. The van der Waals surface area contributed by atoms with E-state index in [2.05, 4.69) is 72.7 Å². The topological polar surface area (TPSA) is 35.5 Å². The highest BCUT2D eigenvalue weighted by Gasteiger charge is 2.29. The van der Waals surface area contributed by atoms with E-state index in [4.69, 9.17) is 9.47 Å². The smallest absolute Gasteiger partial charge is 0.316 e. The van der Waals surface area contributed by atoms with Crippen molar-refractivity contribution in [2.45, 2.75) is 94.1 Å². The Hall–Kier alpha value is -2.29. The lowest BCUT2D eigenvalue weighted by Crippen LogP contribution is -2.26. The zero-order valence-corrected chi connectivity index (χ0v) is 21.5. The second-order valence-electron chi connectivity index (χ2n) is 11.4. The number of benzene rings is 2. The Morgan fingerprint density at radius 1 is 0.645 bits per heavy atom. The molecule has 170 valence electrons. The lowest BCUT2D eigenvalue weighted by molar-refractivity contribution is -0.143. The van der Waals surface area contributed by atoms with Gasteiger partial charge in [0.1, 0.15) is 17.1 Å². The number of rotatable bonds is 4. The number of hydrogen-bond acceptors (Lipinski definition) is 3. The molecule has 0 aliphatic rings. The Morgan fingerprint density at radius 2 is 1.00 bits per heavy atom. The molecule has 0 fully saturated rings. The Kier molecular flexibility index (Phi) is 6.71. The van der Waals surface area contributed by atoms with Crippen molar-refractivity contribution in [1.82, 2.24) is 0 Å². The van der Waals surface area contributed by atoms with Crippen LogP contribution < -0.4 is 9.47 Å². The van der Waals surface area contributed by atoms with Crippen LogP contribution >= 0.6 is 0 Å². The van der Waals surface area contributed by atoms with Crippen LogP contribution in [0.4, 0.5) is 0 Å². The molecule has 0 amide bonds. The second kappa shape index (κ2) is 8.33. The Balaban J connectivity index is 2.48. The number of esters is 1. The molecule has 3 nitrogen and oxygen atoms in total. The van der Waals surface area contributed by atoms with Gasteiger partial charge in [-0.25, -0.2) is 0 Å². The van der Waals surface area contributed by atoms with Gasteiger partial charge in [0.25, 0.3) is 0 Å². The highest BCUT2D eigenvalue weighted by atomic mass is 16.5. The minimum absolute atomic E-state index is 0.210. The molecule has 0 atom stereocenters. The molecular weight excluding hydrogens is 384 g/mol. The van der Waals surface area contributed by atoms with Crippen molar-refractivity contribution in [3.8, 4) is 11.5 Å². The van der Waals surface area contributed by atoms with Crippen molar-refractivity contribution in [1.29, 1.82) is 0 Å². The van der Waals surface area contributed by atoms with Crippen molar-refractivity contribution in [2.24, 2.45) is 5.41 Å². The summed E-state index contributed by atoms with van der Waals surface area (Å²) in [6.45, 7) is 24.5. The van der Waals surface area contributed by atoms with Gasteiger partial charge in [-0.15, -0.1) is 0 Å². The van der Waals surface area contributed by atoms with Crippen LogP contribution in [0.25, 0.3) is 0 Å². The van der Waals surface area contributed by atoms with Crippen molar-refractivity contribution >= 4 is 5.97 Å². The van der Waals surface area contributed by atoms with E-state index in [1.807, 2.05) is 34.6 Å². The van der Waals surface area contributed by atoms with E-state index in [0.717, 1.165) is 28.0 Å². The molecule has 0 aromatic heterocycles. The molecule has 2 aromatic rings. The van der Waals surface area contributed by atoms with Crippen LogP contribution in [0.1, 0.15) is 88.8 Å². The largest absolute Gasteiger partial charge is 0.488 e. The predicted octanol–water partition coefficient (Wildman–Crippen LogP) is 7.37. The third-order valence-electron chi connectivity index (χ3n) is 5.58. The summed E-state index contributed by atoms with van der Waals surface area (Å²) in [5.74, 6) is 1.41. The first-order chi connectivity index (χ1) is 13.9. The monoisotopic (exact) mass is 424 g/mol. The Morgan fingerprint density at radius 3 is 1.32 bits per heavy atom. The molecule has 0 saturated heterocycles. The van der Waals surface area contributed by atoms with E-state index >= 15 is 0 Å². The van der Waals surface area contributed by atoms with Gasteiger partial charge in [0.15, 0.2) is 0 Å². The third kappa shape index (κ3) is 5.70. The first-order valence-corrected chi connectivity index (χ1v) is 11.1. The summed E-state index contributed by atoms with van der Waals surface area (Å²) in [7, 11) is 0. The van der Waals surface area contributed by atoms with Crippen LogP contribution in [-0.2, 0) is 10.2 Å². The van der Waals surface area contributed by atoms with Crippen molar-refractivity contribution in [3.63, 3.8) is 0 Å². The van der Waals surface area contributed by atoms with Crippen molar-refractivity contribution in [3.05, 3.63) is 57.6 Å². The summed E-state index contributed by atoms with van der Waals surface area (Å²) in [6.07, 6.45) is 0. The van der Waals surface area contributed by atoms with Gasteiger partial charge < -0.3 is 9.47 Å². The van der Waals surface area contributed by atoms with E-state index in [0.29, 0.717) is 5.75 Å². The van der Waals surface area contributed by atoms with Gasteiger partial charge in [0.2, 0.25) is 0 Å². The Bertz CT molecular complexity index is 936. The summed E-state index contributed by atoms with van der Waals surface area (Å²) in [6, 6.07) is 8.74. The quantitative estimate of drug-likeness (QED) is 0.379. The highest BCUT2D eigenvalue weighted by molar-refractivity contribution is 5.78. The fourth-order valence-electron chi connectivity index (χ4n) is 3.66. The average molecular weight is 425 g/mol. The van der Waals surface area contributed by atoms with E-state index in [1.165, 1.54) is 11.1 Å². The van der Waals surface area contributed by atoms with Gasteiger partial charge in [0.05, 0.1) is 5.41 Å². The molecule has 3 heteroatoms. The van der Waals surface area contributed by atoms with Crippen LogP contribution in [0.2, 0.25) is 0 Å². The number of aryl methyl sites for hydroxylation is 4. The van der Waals surface area contributed by atoms with Gasteiger partial charge in [-0.05, 0) is 103 Å². The summed E-state index contributed by atoms with van der Waals surface area (Å²) < 4.78 is 12.0. The number of carbonyl (C=O) groups excluding carboxylic acids is 1.